The smallest absolute Gasteiger partial charge is 0.431 e. The number of nitrogens with zero attached hydrogens (tertiary/aromatic N) is 2. The third-order valence-electron chi connectivity index (χ3n) is 12.5. The molecule has 4 aromatic heterocycles. The number of carbonyl (C=O) groups is 2. The van der Waals surface area contributed by atoms with Crippen LogP contribution < -0.4 is 31.1 Å². The van der Waals surface area contributed by atoms with E-state index in [0.29, 0.717) is 28.2 Å². The van der Waals surface area contributed by atoms with E-state index in [-0.39, 0.29) is 17.7 Å². The molecule has 0 saturated carbocycles. The van der Waals surface area contributed by atoms with Gasteiger partial charge < -0.3 is 25.3 Å². The van der Waals surface area contributed by atoms with Crippen molar-refractivity contribution < 1.29 is 45.2 Å². The van der Waals surface area contributed by atoms with Crippen LogP contribution in [0.25, 0.3) is 22.3 Å². The summed E-state index contributed by atoms with van der Waals surface area (Å²) in [5, 5.41) is 5.76. The molecule has 2 aliphatic heterocycles. The number of aryl methyl sites for hydroxylation is 3. The Morgan fingerprint density at radius 2 is 1.11 bits per heavy atom. The number of carbonyl (C=O) groups excluding carboxylic acids is 2. The molecule has 0 radical (unpaired) electrons. The molecule has 4 N–H and O–H groups in total. The number of nitrogens with one attached hydrogen (secondary N) is 4. The van der Waals surface area contributed by atoms with Crippen LogP contribution in [0.4, 0.5) is 26.3 Å². The Morgan fingerprint density at radius 3 is 1.64 bits per heavy atom. The van der Waals surface area contributed by atoms with Crippen LogP contribution in [0.5, 0.6) is 11.5 Å². The molecule has 10 rings (SSSR count). The van der Waals surface area contributed by atoms with E-state index < -0.39 is 81.0 Å². The highest BCUT2D eigenvalue weighted by molar-refractivity contribution is 7.99. The van der Waals surface area contributed by atoms with Crippen LogP contribution in [-0.4, -0.2) is 26.8 Å². The van der Waals surface area contributed by atoms with E-state index in [1.54, 1.807) is 65.1 Å². The Hall–Kier alpha value is -8.25. The van der Waals surface area contributed by atoms with E-state index in [4.69, 9.17) is 4.74 Å². The molecule has 1 unspecified atom stereocenters. The molecule has 72 heavy (non-hydrogen) atoms. The third-order valence-corrected chi connectivity index (χ3v) is 13.6. The van der Waals surface area contributed by atoms with E-state index in [1.807, 2.05) is 67.1 Å². The highest BCUT2D eigenvalue weighted by atomic mass is 32.2. The van der Waals surface area contributed by atoms with E-state index in [1.165, 1.54) is 36.7 Å². The van der Waals surface area contributed by atoms with Crippen molar-refractivity contribution in [2.75, 3.05) is 0 Å². The Balaban J connectivity index is 0.928. The summed E-state index contributed by atoms with van der Waals surface area (Å²) in [5.41, 5.74) is -0.870. The Morgan fingerprint density at radius 1 is 0.625 bits per heavy atom. The summed E-state index contributed by atoms with van der Waals surface area (Å²) in [5.74, 6) is -1.10. The van der Waals surface area contributed by atoms with Gasteiger partial charge in [0.2, 0.25) is 0 Å². The van der Waals surface area contributed by atoms with Gasteiger partial charge in [-0.15, -0.1) is 0 Å². The number of ether oxygens (including phenoxy) is 1. The van der Waals surface area contributed by atoms with Crippen molar-refractivity contribution in [3.05, 3.63) is 222 Å². The van der Waals surface area contributed by atoms with Gasteiger partial charge >= 0.3 is 12.4 Å². The molecule has 2 amide bonds. The van der Waals surface area contributed by atoms with Crippen molar-refractivity contribution in [1.29, 1.82) is 0 Å². The number of fused-ring (bicyclic) bond motifs is 4. The average Bonchev–Trinajstić information content (AvgIpc) is 3.33. The Kier molecular flexibility index (Phi) is 12.0. The lowest BCUT2D eigenvalue weighted by Gasteiger charge is -2.29. The molecule has 0 fully saturated rings. The van der Waals surface area contributed by atoms with E-state index in [9.17, 15) is 45.5 Å². The predicted molar refractivity (Wildman–Crippen MR) is 255 cm³/mol. The first-order chi connectivity index (χ1) is 34.3. The first-order valence-electron chi connectivity index (χ1n) is 22.3. The van der Waals surface area contributed by atoms with Crippen molar-refractivity contribution in [2.45, 2.75) is 61.5 Å². The minimum Gasteiger partial charge on any atom is -0.457 e. The molecular formula is C54H39F6N6O5S+. The Bertz CT molecular complexity index is 3580. The van der Waals surface area contributed by atoms with Gasteiger partial charge in [0.05, 0.1) is 12.1 Å². The van der Waals surface area contributed by atoms with E-state index in [2.05, 4.69) is 15.6 Å². The van der Waals surface area contributed by atoms with Gasteiger partial charge in [-0.1, -0.05) is 66.4 Å². The summed E-state index contributed by atoms with van der Waals surface area (Å²) in [7, 11) is 0. The molecule has 1 atom stereocenters. The van der Waals surface area contributed by atoms with E-state index in [0.717, 1.165) is 49.7 Å². The van der Waals surface area contributed by atoms with Crippen molar-refractivity contribution in [2.24, 2.45) is 0 Å². The highest BCUT2D eigenvalue weighted by Gasteiger charge is 2.39. The number of rotatable bonds is 8. The van der Waals surface area contributed by atoms with Crippen LogP contribution in [0.3, 0.4) is 0 Å². The number of aromatic amines is 2. The lowest BCUT2D eigenvalue weighted by molar-refractivity contribution is -0.688. The van der Waals surface area contributed by atoms with Gasteiger partial charge in [-0.25, -0.2) is 4.57 Å². The predicted octanol–water partition coefficient (Wildman–Crippen LogP) is 10.7. The molecule has 0 bridgehead atoms. The monoisotopic (exact) mass is 997 g/mol. The largest absolute Gasteiger partial charge is 0.457 e. The maximum atomic E-state index is 14.6. The normalized spacial score (nSPS) is 14.0. The lowest BCUT2D eigenvalue weighted by atomic mass is 9.92. The van der Waals surface area contributed by atoms with Gasteiger partial charge in [-0.05, 0) is 96.6 Å². The molecule has 362 valence electrons. The summed E-state index contributed by atoms with van der Waals surface area (Å²) >= 11 is 1.55. The highest BCUT2D eigenvalue weighted by Crippen LogP contribution is 2.47. The number of hydrogen-bond acceptors (Lipinski definition) is 7. The fraction of sp³-hybridized carbons (Fsp3) is 0.148. The molecule has 2 aliphatic rings. The van der Waals surface area contributed by atoms with Crippen molar-refractivity contribution >= 4 is 23.6 Å². The minimum atomic E-state index is -4.99. The topological polar surface area (TPSA) is 150 Å². The maximum Gasteiger partial charge on any atom is 0.431 e. The number of pyridine rings is 4. The van der Waals surface area contributed by atoms with Gasteiger partial charge in [0.15, 0.2) is 18.9 Å². The minimum absolute atomic E-state index is 0.0293. The number of H-pyrrole nitrogens is 2. The van der Waals surface area contributed by atoms with Crippen molar-refractivity contribution in [3.63, 3.8) is 0 Å². The van der Waals surface area contributed by atoms with Crippen LogP contribution in [-0.2, 0) is 18.9 Å². The van der Waals surface area contributed by atoms with Gasteiger partial charge in [-0.3, -0.25) is 24.2 Å². The molecule has 8 aromatic rings. The van der Waals surface area contributed by atoms with Crippen LogP contribution in [0.15, 0.2) is 153 Å². The molecule has 0 spiro atoms. The number of benzene rings is 4. The standard InChI is InChI=1S/C54H38F6N6O5S/c1-27-6-10-33-41(19-27)71-42-22-30(9-13-34(42)45(33)62-49(67)40-24-38(32-5-4-16-61-25-32)48(54(58,59)60)65-52(40)70)26-66-17-14-31(15-18-66)37-23-39(51(69)64-47(37)53(55,56)57)50(68)63-46-35-11-7-28(2)20-43(35)72-44-21-29(3)8-12-36(44)46/h4-25,45-46H,26H2,1-3H3,(H3,62,63,65,67,68,70)/p+1. The summed E-state index contributed by atoms with van der Waals surface area (Å²) in [4.78, 5) is 63.9. The Labute approximate surface area is 410 Å². The summed E-state index contributed by atoms with van der Waals surface area (Å²) in [6.45, 7) is 5.91. The zero-order valence-corrected chi connectivity index (χ0v) is 39.0. The molecule has 0 saturated heterocycles. The second kappa shape index (κ2) is 18.2. The molecule has 0 aliphatic carbocycles. The second-order valence-corrected chi connectivity index (χ2v) is 18.7. The molecular weight excluding hydrogens is 959 g/mol. The number of amides is 2. The first kappa shape index (κ1) is 47.4. The van der Waals surface area contributed by atoms with Crippen molar-refractivity contribution in [1.82, 2.24) is 25.6 Å². The molecule has 18 heteroatoms. The second-order valence-electron chi connectivity index (χ2n) is 17.6. The van der Waals surface area contributed by atoms with Crippen LogP contribution >= 0.6 is 11.8 Å². The zero-order chi connectivity index (χ0) is 50.8. The van der Waals surface area contributed by atoms with Crippen molar-refractivity contribution in [3.8, 4) is 33.8 Å². The van der Waals surface area contributed by atoms with Gasteiger partial charge in [0.25, 0.3) is 22.9 Å². The maximum absolute atomic E-state index is 14.6. The number of aromatic nitrogens is 4. The molecule has 6 heterocycles. The first-order valence-corrected chi connectivity index (χ1v) is 23.1. The van der Waals surface area contributed by atoms with Gasteiger partial charge in [-0.2, -0.15) is 26.3 Å². The fourth-order valence-corrected chi connectivity index (χ4v) is 10.3. The lowest BCUT2D eigenvalue weighted by Crippen LogP contribution is -2.36. The number of alkyl halides is 6. The molecule has 11 nitrogen and oxygen atoms in total. The van der Waals surface area contributed by atoms with Crippen LogP contribution in [0, 0.1) is 20.8 Å². The summed E-state index contributed by atoms with van der Waals surface area (Å²) in [6, 6.07) is 27.9. The number of halogens is 6. The molecule has 4 aromatic carbocycles. The average molecular weight is 998 g/mol. The van der Waals surface area contributed by atoms with Crippen LogP contribution in [0.2, 0.25) is 0 Å². The number of hydrogen-bond donors (Lipinski definition) is 4. The summed E-state index contributed by atoms with van der Waals surface area (Å²) in [6.07, 6.45) is -4.29. The van der Waals surface area contributed by atoms with Crippen LogP contribution in [0.1, 0.15) is 88.7 Å². The SMILES string of the molecule is Cc1ccc2c(c1)Oc1cc(C[n+]3ccc(-c4cc(C(=O)NC5c6ccc(C)cc6Sc6cc(C)ccc65)c(=O)[nH]c4C(F)(F)F)cc3)ccc1C2NC(=O)c1cc(-c2cccnc2)c(C(F)(F)F)[nH]c1=O. The van der Waals surface area contributed by atoms with E-state index >= 15 is 0 Å². The summed E-state index contributed by atoms with van der Waals surface area (Å²) < 4.78 is 94.2. The quantitative estimate of drug-likeness (QED) is 0.0874. The third kappa shape index (κ3) is 9.16. The van der Waals surface area contributed by atoms with Gasteiger partial charge in [0.1, 0.15) is 34.0 Å². The fourth-order valence-electron chi connectivity index (χ4n) is 8.99. The van der Waals surface area contributed by atoms with Gasteiger partial charge in [0, 0.05) is 67.7 Å². The zero-order valence-electron chi connectivity index (χ0n) is 38.2.